The van der Waals surface area contributed by atoms with E-state index in [2.05, 4.69) is 46.1 Å². The number of nitrogens with zero attached hydrogens (tertiary/aromatic N) is 3. The summed E-state index contributed by atoms with van der Waals surface area (Å²) in [5.74, 6) is 0.812. The fourth-order valence-electron chi connectivity index (χ4n) is 2.64. The molecule has 0 aromatic carbocycles. The van der Waals surface area contributed by atoms with Crippen molar-refractivity contribution in [1.29, 1.82) is 0 Å². The largest absolute Gasteiger partial charge is 0.319 e. The number of hydrogen-bond donors (Lipinski definition) is 1. The highest BCUT2D eigenvalue weighted by atomic mass is 15.3. The zero-order valence-electron chi connectivity index (χ0n) is 11.9. The molecule has 0 bridgehead atoms. The highest BCUT2D eigenvalue weighted by molar-refractivity contribution is 5.00. The summed E-state index contributed by atoms with van der Waals surface area (Å²) in [6, 6.07) is 2.67. The predicted molar refractivity (Wildman–Crippen MR) is 74.5 cm³/mol. The van der Waals surface area contributed by atoms with Gasteiger partial charge in [-0.1, -0.05) is 6.92 Å². The highest BCUT2D eigenvalue weighted by Gasteiger charge is 2.22. The molecule has 4 heteroatoms. The van der Waals surface area contributed by atoms with E-state index in [0.29, 0.717) is 6.04 Å². The van der Waals surface area contributed by atoms with Crippen LogP contribution in [0.3, 0.4) is 0 Å². The van der Waals surface area contributed by atoms with Crippen LogP contribution in [0.1, 0.15) is 38.4 Å². The molecule has 0 saturated carbocycles. The molecule has 0 amide bonds. The van der Waals surface area contributed by atoms with Crippen molar-refractivity contribution in [1.82, 2.24) is 20.0 Å². The minimum Gasteiger partial charge on any atom is -0.319 e. The maximum absolute atomic E-state index is 4.67. The average Bonchev–Trinajstić information content (AvgIpc) is 2.99. The number of aromatic nitrogens is 2. The third-order valence-electron chi connectivity index (χ3n) is 3.95. The van der Waals surface area contributed by atoms with Gasteiger partial charge in [-0.15, -0.1) is 0 Å². The van der Waals surface area contributed by atoms with Crippen molar-refractivity contribution in [2.24, 2.45) is 5.92 Å². The summed E-state index contributed by atoms with van der Waals surface area (Å²) in [6.45, 7) is 8.98. The Kier molecular flexibility index (Phi) is 4.78. The van der Waals surface area contributed by atoms with Gasteiger partial charge in [-0.2, -0.15) is 5.10 Å². The summed E-state index contributed by atoms with van der Waals surface area (Å²) in [5.41, 5.74) is 1.21. The molecule has 2 atom stereocenters. The first-order chi connectivity index (χ1) is 8.72. The van der Waals surface area contributed by atoms with Crippen LogP contribution in [0.15, 0.2) is 12.3 Å². The van der Waals surface area contributed by atoms with E-state index in [9.17, 15) is 0 Å². The van der Waals surface area contributed by atoms with E-state index in [0.717, 1.165) is 25.4 Å². The summed E-state index contributed by atoms with van der Waals surface area (Å²) in [7, 11) is 2.04. The van der Waals surface area contributed by atoms with Gasteiger partial charge >= 0.3 is 0 Å². The molecule has 2 rings (SSSR count). The van der Waals surface area contributed by atoms with Crippen LogP contribution in [0.5, 0.6) is 0 Å². The smallest absolute Gasteiger partial charge is 0.0764 e. The van der Waals surface area contributed by atoms with E-state index in [1.165, 1.54) is 25.2 Å². The lowest BCUT2D eigenvalue weighted by Gasteiger charge is -2.14. The van der Waals surface area contributed by atoms with Gasteiger partial charge in [0, 0.05) is 25.3 Å². The first-order valence-corrected chi connectivity index (χ1v) is 7.14. The van der Waals surface area contributed by atoms with Gasteiger partial charge in [0.05, 0.1) is 5.69 Å². The Morgan fingerprint density at radius 1 is 1.56 bits per heavy atom. The van der Waals surface area contributed by atoms with Crippen LogP contribution in [0.4, 0.5) is 0 Å². The first kappa shape index (κ1) is 13.6. The van der Waals surface area contributed by atoms with Crippen LogP contribution in [0.25, 0.3) is 0 Å². The van der Waals surface area contributed by atoms with Gasteiger partial charge in [0.25, 0.3) is 0 Å². The van der Waals surface area contributed by atoms with Crippen molar-refractivity contribution in [3.05, 3.63) is 18.0 Å². The average molecular weight is 250 g/mol. The molecule has 1 aliphatic rings. The van der Waals surface area contributed by atoms with Gasteiger partial charge < -0.3 is 5.32 Å². The molecule has 0 aliphatic carbocycles. The first-order valence-electron chi connectivity index (χ1n) is 7.14. The molecular formula is C14H26N4. The zero-order chi connectivity index (χ0) is 13.0. The summed E-state index contributed by atoms with van der Waals surface area (Å²) in [4.78, 5) is 2.52. The van der Waals surface area contributed by atoms with Crippen LogP contribution < -0.4 is 5.32 Å². The van der Waals surface area contributed by atoms with Crippen molar-refractivity contribution in [3.8, 4) is 0 Å². The van der Waals surface area contributed by atoms with Crippen LogP contribution >= 0.6 is 0 Å². The maximum atomic E-state index is 4.67. The van der Waals surface area contributed by atoms with Gasteiger partial charge in [0.15, 0.2) is 0 Å². The van der Waals surface area contributed by atoms with E-state index in [1.807, 2.05) is 7.05 Å². The lowest BCUT2D eigenvalue weighted by molar-refractivity contribution is 0.309. The van der Waals surface area contributed by atoms with Gasteiger partial charge in [-0.05, 0) is 51.9 Å². The summed E-state index contributed by atoms with van der Waals surface area (Å²) < 4.78 is 2.09. The second-order valence-electron chi connectivity index (χ2n) is 5.49. The molecule has 1 aromatic heterocycles. The van der Waals surface area contributed by atoms with Crippen molar-refractivity contribution < 1.29 is 0 Å². The monoisotopic (exact) mass is 250 g/mol. The second-order valence-corrected chi connectivity index (χ2v) is 5.49. The van der Waals surface area contributed by atoms with E-state index in [1.54, 1.807) is 0 Å². The van der Waals surface area contributed by atoms with Crippen LogP contribution in [-0.2, 0) is 6.54 Å². The van der Waals surface area contributed by atoms with Crippen LogP contribution in [0, 0.1) is 5.92 Å². The molecule has 4 nitrogen and oxygen atoms in total. The Bertz CT molecular complexity index is 360. The fraction of sp³-hybridized carbons (Fsp3) is 0.786. The Labute approximate surface area is 110 Å². The molecular weight excluding hydrogens is 224 g/mol. The zero-order valence-corrected chi connectivity index (χ0v) is 11.9. The van der Waals surface area contributed by atoms with Gasteiger partial charge in [0.2, 0.25) is 0 Å². The molecule has 0 spiro atoms. The molecule has 102 valence electrons. The lowest BCUT2D eigenvalue weighted by atomic mass is 10.1. The number of nitrogens with one attached hydrogen (secondary N) is 1. The molecule has 1 aromatic rings. The van der Waals surface area contributed by atoms with Gasteiger partial charge in [-0.25, -0.2) is 0 Å². The van der Waals surface area contributed by atoms with Gasteiger partial charge in [-0.3, -0.25) is 9.58 Å². The second kappa shape index (κ2) is 6.34. The molecule has 1 aliphatic heterocycles. The Morgan fingerprint density at radius 3 is 3.11 bits per heavy atom. The Hall–Kier alpha value is -0.870. The summed E-state index contributed by atoms with van der Waals surface area (Å²) in [6.07, 6.45) is 4.56. The molecule has 1 N–H and O–H groups in total. The number of likely N-dealkylation sites (tertiary alicyclic amines) is 1. The number of hydrogen-bond acceptors (Lipinski definition) is 3. The fourth-order valence-corrected chi connectivity index (χ4v) is 2.64. The minimum absolute atomic E-state index is 0.509. The third-order valence-corrected chi connectivity index (χ3v) is 3.95. The van der Waals surface area contributed by atoms with E-state index >= 15 is 0 Å². The topological polar surface area (TPSA) is 33.1 Å². The standard InChI is InChI=1S/C14H26N4/c1-4-12(2)18-8-6-14(16-18)11-17-7-5-13(10-17)9-15-3/h6,8,12-13,15H,4-5,7,9-11H2,1-3H3. The van der Waals surface area contributed by atoms with Crippen molar-refractivity contribution in [3.63, 3.8) is 0 Å². The highest BCUT2D eigenvalue weighted by Crippen LogP contribution is 2.18. The summed E-state index contributed by atoms with van der Waals surface area (Å²) in [5, 5.41) is 7.95. The van der Waals surface area contributed by atoms with Crippen molar-refractivity contribution >= 4 is 0 Å². The quantitative estimate of drug-likeness (QED) is 0.837. The normalized spacial score (nSPS) is 22.5. The molecule has 1 fully saturated rings. The van der Waals surface area contributed by atoms with E-state index in [4.69, 9.17) is 0 Å². The van der Waals surface area contributed by atoms with Crippen molar-refractivity contribution in [2.75, 3.05) is 26.7 Å². The SMILES string of the molecule is CCC(C)n1ccc(CN2CCC(CNC)C2)n1. The van der Waals surface area contributed by atoms with Crippen molar-refractivity contribution in [2.45, 2.75) is 39.3 Å². The van der Waals surface area contributed by atoms with E-state index < -0.39 is 0 Å². The molecule has 0 radical (unpaired) electrons. The van der Waals surface area contributed by atoms with Crippen LogP contribution in [-0.4, -0.2) is 41.4 Å². The Morgan fingerprint density at radius 2 is 2.39 bits per heavy atom. The molecule has 2 unspecified atom stereocenters. The maximum Gasteiger partial charge on any atom is 0.0764 e. The molecule has 18 heavy (non-hydrogen) atoms. The third kappa shape index (κ3) is 3.33. The molecule has 2 heterocycles. The minimum atomic E-state index is 0.509. The predicted octanol–water partition coefficient (Wildman–Crippen LogP) is 1.90. The van der Waals surface area contributed by atoms with Crippen LogP contribution in [0.2, 0.25) is 0 Å². The van der Waals surface area contributed by atoms with E-state index in [-0.39, 0.29) is 0 Å². The molecule has 1 saturated heterocycles. The Balaban J connectivity index is 1.85. The summed E-state index contributed by atoms with van der Waals surface area (Å²) >= 11 is 0. The lowest BCUT2D eigenvalue weighted by Crippen LogP contribution is -2.24. The van der Waals surface area contributed by atoms with Gasteiger partial charge in [0.1, 0.15) is 0 Å². The number of rotatable bonds is 6.